The maximum Gasteiger partial charge on any atom is 0.283 e. The third-order valence-corrected chi connectivity index (χ3v) is 7.25. The number of phenolic OH excluding ortho intramolecular Hbond substituents is 2. The Balaban J connectivity index is 2.66. The summed E-state index contributed by atoms with van der Waals surface area (Å²) < 4.78 is 34.0. The molecule has 5 nitrogen and oxygen atoms in total. The van der Waals surface area contributed by atoms with Crippen LogP contribution in [-0.4, -0.2) is 23.2 Å². The van der Waals surface area contributed by atoms with E-state index < -0.39 is 26.2 Å². The summed E-state index contributed by atoms with van der Waals surface area (Å²) in [6.45, 7) is 0. The lowest BCUT2D eigenvalue weighted by molar-refractivity contribution is 0.440. The highest BCUT2D eigenvalue weighted by atomic mass is 35.5. The van der Waals surface area contributed by atoms with Crippen molar-refractivity contribution in [3.8, 4) is 11.5 Å². The number of benzene rings is 3. The normalized spacial score (nSPS) is 13.8. The minimum atomic E-state index is -5.13. The van der Waals surface area contributed by atoms with Crippen molar-refractivity contribution >= 4 is 56.5 Å². The predicted molar refractivity (Wildman–Crippen MR) is 114 cm³/mol. The van der Waals surface area contributed by atoms with Crippen LogP contribution in [0.1, 0.15) is 16.7 Å². The summed E-state index contributed by atoms with van der Waals surface area (Å²) in [5.74, 6) is -0.858. The molecule has 0 bridgehead atoms. The largest absolute Gasteiger partial charge is 0.508 e. The zero-order valence-corrected chi connectivity index (χ0v) is 18.1. The molecule has 0 aliphatic heterocycles. The van der Waals surface area contributed by atoms with E-state index in [9.17, 15) is 23.2 Å². The van der Waals surface area contributed by atoms with E-state index in [0.29, 0.717) is 0 Å². The average Bonchev–Trinajstić information content (AvgIpc) is 2.64. The molecule has 0 radical (unpaired) electrons. The van der Waals surface area contributed by atoms with Gasteiger partial charge in [-0.3, -0.25) is 4.55 Å². The van der Waals surface area contributed by atoms with Crippen LogP contribution in [0, 0.1) is 0 Å². The fraction of sp³-hybridized carbons (Fsp3) is 0.0526. The lowest BCUT2D eigenvalue weighted by Gasteiger charge is -2.34. The molecule has 3 rings (SSSR count). The lowest BCUT2D eigenvalue weighted by atomic mass is 9.83. The summed E-state index contributed by atoms with van der Waals surface area (Å²) in [5.41, 5.74) is -0.648. The van der Waals surface area contributed by atoms with Crippen molar-refractivity contribution in [3.05, 3.63) is 91.4 Å². The fourth-order valence-electron chi connectivity index (χ4n) is 3.20. The van der Waals surface area contributed by atoms with Gasteiger partial charge in [0, 0.05) is 16.1 Å². The summed E-state index contributed by atoms with van der Waals surface area (Å²) in [4.78, 5) is 0. The SMILES string of the molecule is O=S(=O)(O)C(c1ccc(O)cc1)(c1ccccc1Cl)c1c(O)c(Cl)cc(Cl)c1Cl. The van der Waals surface area contributed by atoms with Gasteiger partial charge in [-0.25, -0.2) is 0 Å². The second-order valence-corrected chi connectivity index (χ2v) is 9.22. The van der Waals surface area contributed by atoms with E-state index in [2.05, 4.69) is 0 Å². The Kier molecular flexibility index (Phi) is 5.98. The quantitative estimate of drug-likeness (QED) is 0.239. The Labute approximate surface area is 186 Å². The Morgan fingerprint density at radius 2 is 1.38 bits per heavy atom. The first-order valence-corrected chi connectivity index (χ1v) is 10.9. The van der Waals surface area contributed by atoms with Crippen molar-refractivity contribution in [2.24, 2.45) is 0 Å². The van der Waals surface area contributed by atoms with Gasteiger partial charge in [0.2, 0.25) is 0 Å². The van der Waals surface area contributed by atoms with Crippen LogP contribution >= 0.6 is 46.4 Å². The fourth-order valence-corrected chi connectivity index (χ4v) is 5.69. The molecule has 3 aromatic carbocycles. The van der Waals surface area contributed by atoms with Crippen molar-refractivity contribution in [1.82, 2.24) is 0 Å². The lowest BCUT2D eigenvalue weighted by Crippen LogP contribution is -2.39. The smallest absolute Gasteiger partial charge is 0.283 e. The van der Waals surface area contributed by atoms with Gasteiger partial charge in [-0.2, -0.15) is 8.42 Å². The molecule has 3 aromatic rings. The highest BCUT2D eigenvalue weighted by Gasteiger charge is 2.53. The first-order valence-electron chi connectivity index (χ1n) is 7.90. The molecule has 10 heteroatoms. The molecule has 0 saturated heterocycles. The van der Waals surface area contributed by atoms with Crippen LogP contribution in [-0.2, 0) is 14.9 Å². The van der Waals surface area contributed by atoms with Crippen LogP contribution in [0.2, 0.25) is 20.1 Å². The second-order valence-electron chi connectivity index (χ2n) is 6.06. The molecule has 1 unspecified atom stereocenters. The molecule has 0 fully saturated rings. The molecule has 0 heterocycles. The van der Waals surface area contributed by atoms with Gasteiger partial charge in [0.1, 0.15) is 11.5 Å². The summed E-state index contributed by atoms with van der Waals surface area (Å²) in [5, 5.41) is 19.6. The molecular weight excluding hydrogens is 482 g/mol. The van der Waals surface area contributed by atoms with Crippen molar-refractivity contribution in [2.75, 3.05) is 0 Å². The van der Waals surface area contributed by atoms with Gasteiger partial charge < -0.3 is 10.2 Å². The number of rotatable bonds is 4. The molecule has 0 amide bonds. The van der Waals surface area contributed by atoms with Gasteiger partial charge >= 0.3 is 0 Å². The number of hydrogen-bond acceptors (Lipinski definition) is 4. The predicted octanol–water partition coefficient (Wildman–Crippen LogP) is 5.89. The highest BCUT2D eigenvalue weighted by molar-refractivity contribution is 7.87. The second kappa shape index (κ2) is 7.87. The molecule has 29 heavy (non-hydrogen) atoms. The maximum atomic E-state index is 13.0. The molecular formula is C19H12Cl4O5S. The first kappa shape index (κ1) is 22.0. The minimum absolute atomic E-state index is 0.0373. The van der Waals surface area contributed by atoms with Crippen LogP contribution in [0.4, 0.5) is 0 Å². The van der Waals surface area contributed by atoms with E-state index >= 15 is 0 Å². The van der Waals surface area contributed by atoms with Gasteiger partial charge in [-0.15, -0.1) is 0 Å². The van der Waals surface area contributed by atoms with Crippen molar-refractivity contribution in [2.45, 2.75) is 4.75 Å². The maximum absolute atomic E-state index is 13.0. The van der Waals surface area contributed by atoms with E-state index in [1.165, 1.54) is 42.5 Å². The molecule has 1 atom stereocenters. The number of phenols is 2. The number of halogens is 4. The van der Waals surface area contributed by atoms with Crippen molar-refractivity contribution < 1.29 is 23.2 Å². The van der Waals surface area contributed by atoms with Crippen LogP contribution in [0.25, 0.3) is 0 Å². The molecule has 0 aliphatic carbocycles. The summed E-state index contributed by atoms with van der Waals surface area (Å²) in [6, 6.07) is 11.9. The van der Waals surface area contributed by atoms with E-state index in [4.69, 9.17) is 46.4 Å². The monoisotopic (exact) mass is 492 g/mol. The minimum Gasteiger partial charge on any atom is -0.508 e. The van der Waals surface area contributed by atoms with Gasteiger partial charge in [0.15, 0.2) is 4.75 Å². The number of aromatic hydroxyl groups is 2. The van der Waals surface area contributed by atoms with Crippen LogP contribution < -0.4 is 0 Å². The van der Waals surface area contributed by atoms with Crippen molar-refractivity contribution in [1.29, 1.82) is 0 Å². The Hall–Kier alpha value is -1.67. The molecule has 0 spiro atoms. The first-order chi connectivity index (χ1) is 13.5. The van der Waals surface area contributed by atoms with Gasteiger partial charge in [-0.1, -0.05) is 76.7 Å². The molecule has 3 N–H and O–H groups in total. The van der Waals surface area contributed by atoms with Gasteiger partial charge in [0.25, 0.3) is 10.1 Å². The molecule has 0 aromatic heterocycles. The van der Waals surface area contributed by atoms with E-state index in [0.717, 1.165) is 6.07 Å². The van der Waals surface area contributed by atoms with E-state index in [-0.39, 0.29) is 37.0 Å². The van der Waals surface area contributed by atoms with Gasteiger partial charge in [-0.05, 0) is 29.8 Å². The third-order valence-electron chi connectivity index (χ3n) is 4.41. The number of hydrogen-bond donors (Lipinski definition) is 3. The van der Waals surface area contributed by atoms with Crippen molar-refractivity contribution in [3.63, 3.8) is 0 Å². The van der Waals surface area contributed by atoms with E-state index in [1.54, 1.807) is 6.07 Å². The van der Waals surface area contributed by atoms with Crippen LogP contribution in [0.3, 0.4) is 0 Å². The molecule has 0 saturated carbocycles. The molecule has 0 aliphatic rings. The topological polar surface area (TPSA) is 94.8 Å². The molecule has 152 valence electrons. The summed E-state index contributed by atoms with van der Waals surface area (Å²) in [6.07, 6.45) is 0. The summed E-state index contributed by atoms with van der Waals surface area (Å²) >= 11 is 24.8. The highest BCUT2D eigenvalue weighted by Crippen LogP contribution is 2.54. The average molecular weight is 494 g/mol. The Morgan fingerprint density at radius 3 is 1.93 bits per heavy atom. The zero-order chi connectivity index (χ0) is 21.6. The Morgan fingerprint density at radius 1 is 0.793 bits per heavy atom. The van der Waals surface area contributed by atoms with E-state index in [1.807, 2.05) is 0 Å². The van der Waals surface area contributed by atoms with Crippen LogP contribution in [0.15, 0.2) is 54.6 Å². The third kappa shape index (κ3) is 3.54. The van der Waals surface area contributed by atoms with Gasteiger partial charge in [0.05, 0.1) is 15.1 Å². The zero-order valence-electron chi connectivity index (χ0n) is 14.3. The summed E-state index contributed by atoms with van der Waals surface area (Å²) in [7, 11) is -5.13. The van der Waals surface area contributed by atoms with Crippen LogP contribution in [0.5, 0.6) is 11.5 Å². The Bertz CT molecular complexity index is 1170. The standard InChI is InChI=1S/C19H12Cl4O5S/c20-13-4-2-1-3-12(13)19(29(26,27)28,10-5-7-11(24)8-6-10)16-17(23)14(21)9-15(22)18(16)25/h1-9,24-25H,(H,26,27,28).